The number of guanidine groups is 1. The topological polar surface area (TPSA) is 88.1 Å². The maximum Gasteiger partial charge on any atom is 0.416 e. The number of benzene rings is 2. The molecule has 1 aliphatic heterocycles. The molecule has 4 rings (SSSR count). The fraction of sp³-hybridized carbons (Fsp3) is 0.462. The quantitative estimate of drug-likeness (QED) is 0.361. The Balaban J connectivity index is 1.37. The first kappa shape index (κ1) is 25.0. The standard InChI is InChI=1S/C26H30F3N3O3/c27-26(28,29)21-12-10-18(11-13-21)16-31-24(30)32-15-14-22(17-32)35-23(33)25(34,20-8-4-5-9-20)19-6-2-1-3-7-19/h1-3,6-7,10-13,20,22,34H,4-5,8-9,14-17H2,(H2,30,31)/t22?,25-/m0/s1. The third kappa shape index (κ3) is 5.61. The van der Waals surface area contributed by atoms with Crippen LogP contribution in [-0.2, 0) is 27.9 Å². The molecule has 0 radical (unpaired) electrons. The molecular formula is C26H30F3N3O3. The third-order valence-electron chi connectivity index (χ3n) is 6.92. The van der Waals surface area contributed by atoms with Crippen molar-refractivity contribution in [3.8, 4) is 0 Å². The molecule has 6 nitrogen and oxygen atoms in total. The van der Waals surface area contributed by atoms with E-state index in [4.69, 9.17) is 10.5 Å². The Bertz CT molecular complexity index is 1040. The van der Waals surface area contributed by atoms with E-state index in [2.05, 4.69) is 4.99 Å². The molecule has 1 heterocycles. The van der Waals surface area contributed by atoms with Crippen LogP contribution in [0.25, 0.3) is 0 Å². The van der Waals surface area contributed by atoms with Crippen LogP contribution in [0.2, 0.25) is 0 Å². The third-order valence-corrected chi connectivity index (χ3v) is 6.92. The number of aliphatic hydroxyl groups is 1. The number of alkyl halides is 3. The summed E-state index contributed by atoms with van der Waals surface area (Å²) < 4.78 is 43.9. The number of carbonyl (C=O) groups excluding carboxylic acids is 1. The number of nitrogens with zero attached hydrogens (tertiary/aromatic N) is 2. The van der Waals surface area contributed by atoms with Gasteiger partial charge in [0, 0.05) is 18.9 Å². The zero-order valence-electron chi connectivity index (χ0n) is 19.4. The molecule has 35 heavy (non-hydrogen) atoms. The van der Waals surface area contributed by atoms with Crippen LogP contribution in [-0.4, -0.2) is 41.1 Å². The van der Waals surface area contributed by atoms with Gasteiger partial charge < -0.3 is 20.5 Å². The lowest BCUT2D eigenvalue weighted by molar-refractivity contribution is -0.178. The average molecular weight is 490 g/mol. The molecule has 188 valence electrons. The summed E-state index contributed by atoms with van der Waals surface area (Å²) in [4.78, 5) is 19.3. The van der Waals surface area contributed by atoms with Crippen LogP contribution in [0, 0.1) is 5.92 Å². The van der Waals surface area contributed by atoms with Crippen LogP contribution in [0.15, 0.2) is 59.6 Å². The summed E-state index contributed by atoms with van der Waals surface area (Å²) in [5.74, 6) is -0.592. The van der Waals surface area contributed by atoms with E-state index in [0.29, 0.717) is 30.6 Å². The van der Waals surface area contributed by atoms with Crippen molar-refractivity contribution < 1.29 is 27.8 Å². The van der Waals surface area contributed by atoms with Crippen LogP contribution >= 0.6 is 0 Å². The second-order valence-corrected chi connectivity index (χ2v) is 9.24. The summed E-state index contributed by atoms with van der Waals surface area (Å²) in [6.07, 6.45) is -0.821. The molecule has 0 spiro atoms. The molecule has 2 aromatic carbocycles. The van der Waals surface area contributed by atoms with Crippen LogP contribution in [0.5, 0.6) is 0 Å². The molecule has 0 aromatic heterocycles. The highest BCUT2D eigenvalue weighted by atomic mass is 19.4. The number of carbonyl (C=O) groups is 1. The summed E-state index contributed by atoms with van der Waals surface area (Å²) >= 11 is 0. The maximum absolute atomic E-state index is 13.3. The van der Waals surface area contributed by atoms with Gasteiger partial charge in [-0.15, -0.1) is 0 Å². The van der Waals surface area contributed by atoms with E-state index in [1.165, 1.54) is 12.1 Å². The van der Waals surface area contributed by atoms with Gasteiger partial charge >= 0.3 is 12.1 Å². The molecule has 2 fully saturated rings. The lowest BCUT2D eigenvalue weighted by Gasteiger charge is -2.33. The van der Waals surface area contributed by atoms with Crippen molar-refractivity contribution >= 4 is 11.9 Å². The summed E-state index contributed by atoms with van der Waals surface area (Å²) in [6, 6.07) is 13.7. The largest absolute Gasteiger partial charge is 0.458 e. The van der Waals surface area contributed by atoms with E-state index in [1.54, 1.807) is 29.2 Å². The van der Waals surface area contributed by atoms with Crippen molar-refractivity contribution in [2.75, 3.05) is 13.1 Å². The van der Waals surface area contributed by atoms with Gasteiger partial charge in [-0.2, -0.15) is 13.2 Å². The van der Waals surface area contributed by atoms with Gasteiger partial charge in [-0.1, -0.05) is 55.3 Å². The number of hydrogen-bond acceptors (Lipinski definition) is 4. The van der Waals surface area contributed by atoms with Gasteiger partial charge in [0.05, 0.1) is 18.7 Å². The Morgan fingerprint density at radius 2 is 1.69 bits per heavy atom. The first-order chi connectivity index (χ1) is 16.7. The average Bonchev–Trinajstić information content (AvgIpc) is 3.55. The fourth-order valence-corrected chi connectivity index (χ4v) is 4.90. The Morgan fingerprint density at radius 3 is 2.31 bits per heavy atom. The minimum atomic E-state index is -4.38. The van der Waals surface area contributed by atoms with E-state index in [9.17, 15) is 23.1 Å². The molecule has 1 aliphatic carbocycles. The van der Waals surface area contributed by atoms with E-state index in [1.807, 2.05) is 6.07 Å². The number of likely N-dealkylation sites (tertiary alicyclic amines) is 1. The zero-order chi connectivity index (χ0) is 25.1. The predicted octanol–water partition coefficient (Wildman–Crippen LogP) is 4.22. The Morgan fingerprint density at radius 1 is 1.03 bits per heavy atom. The minimum absolute atomic E-state index is 0.139. The van der Waals surface area contributed by atoms with E-state index >= 15 is 0 Å². The summed E-state index contributed by atoms with van der Waals surface area (Å²) in [5, 5.41) is 11.6. The summed E-state index contributed by atoms with van der Waals surface area (Å²) in [5.41, 5.74) is 4.85. The molecule has 1 unspecified atom stereocenters. The molecule has 2 atom stereocenters. The molecule has 1 saturated carbocycles. The number of ether oxygens (including phenoxy) is 1. The zero-order valence-corrected chi connectivity index (χ0v) is 19.4. The van der Waals surface area contributed by atoms with Gasteiger partial charge in [0.15, 0.2) is 11.6 Å². The Labute approximate surface area is 202 Å². The van der Waals surface area contributed by atoms with Crippen LogP contribution in [0.3, 0.4) is 0 Å². The highest BCUT2D eigenvalue weighted by molar-refractivity contribution is 5.82. The smallest absolute Gasteiger partial charge is 0.416 e. The van der Waals surface area contributed by atoms with E-state index < -0.39 is 29.4 Å². The molecule has 1 saturated heterocycles. The van der Waals surface area contributed by atoms with Gasteiger partial charge in [0.25, 0.3) is 0 Å². The summed E-state index contributed by atoms with van der Waals surface area (Å²) in [7, 11) is 0. The summed E-state index contributed by atoms with van der Waals surface area (Å²) in [6.45, 7) is 0.997. The second-order valence-electron chi connectivity index (χ2n) is 9.24. The van der Waals surface area contributed by atoms with Gasteiger partial charge in [-0.05, 0) is 36.1 Å². The Hall–Kier alpha value is -3.07. The van der Waals surface area contributed by atoms with Crippen molar-refractivity contribution in [3.05, 3.63) is 71.3 Å². The number of halogens is 3. The monoisotopic (exact) mass is 489 g/mol. The molecule has 0 bridgehead atoms. The lowest BCUT2D eigenvalue weighted by Crippen LogP contribution is -2.45. The lowest BCUT2D eigenvalue weighted by atomic mass is 9.80. The highest BCUT2D eigenvalue weighted by Gasteiger charge is 2.48. The molecular weight excluding hydrogens is 459 g/mol. The van der Waals surface area contributed by atoms with Crippen molar-refractivity contribution in [1.29, 1.82) is 0 Å². The number of aliphatic imine (C=N–C) groups is 1. The SMILES string of the molecule is NC(=NCc1ccc(C(F)(F)F)cc1)N1CCC(OC(=O)[C@](O)(c2ccccc2)C2CCCC2)C1. The van der Waals surface area contributed by atoms with Crippen molar-refractivity contribution in [1.82, 2.24) is 4.90 Å². The van der Waals surface area contributed by atoms with Gasteiger partial charge in [0.1, 0.15) is 6.10 Å². The van der Waals surface area contributed by atoms with E-state index in [0.717, 1.165) is 37.8 Å². The van der Waals surface area contributed by atoms with Crippen LogP contribution in [0.1, 0.15) is 48.8 Å². The minimum Gasteiger partial charge on any atom is -0.458 e. The number of esters is 1. The number of nitrogens with two attached hydrogens (primary N) is 1. The van der Waals surface area contributed by atoms with Gasteiger partial charge in [-0.25, -0.2) is 9.79 Å². The molecule has 2 aromatic rings. The first-order valence-corrected chi connectivity index (χ1v) is 11.9. The molecule has 9 heteroatoms. The maximum atomic E-state index is 13.3. The van der Waals surface area contributed by atoms with E-state index in [-0.39, 0.29) is 18.4 Å². The fourth-order valence-electron chi connectivity index (χ4n) is 4.90. The predicted molar refractivity (Wildman–Crippen MR) is 125 cm³/mol. The van der Waals surface area contributed by atoms with Crippen LogP contribution < -0.4 is 5.73 Å². The number of hydrogen-bond donors (Lipinski definition) is 2. The first-order valence-electron chi connectivity index (χ1n) is 11.9. The van der Waals surface area contributed by atoms with Gasteiger partial charge in [0.2, 0.25) is 0 Å². The second kappa shape index (κ2) is 10.3. The Kier molecular flexibility index (Phi) is 7.35. The highest BCUT2D eigenvalue weighted by Crippen LogP contribution is 2.42. The van der Waals surface area contributed by atoms with Crippen molar-refractivity contribution in [2.24, 2.45) is 16.6 Å². The molecule has 2 aliphatic rings. The molecule has 0 amide bonds. The van der Waals surface area contributed by atoms with Crippen LogP contribution in [0.4, 0.5) is 13.2 Å². The number of rotatable bonds is 6. The molecule has 3 N–H and O–H groups in total. The van der Waals surface area contributed by atoms with Crippen molar-refractivity contribution in [2.45, 2.75) is 56.5 Å². The van der Waals surface area contributed by atoms with Gasteiger partial charge in [-0.3, -0.25) is 0 Å². The normalized spacial score (nSPS) is 21.2. The van der Waals surface area contributed by atoms with Crippen molar-refractivity contribution in [3.63, 3.8) is 0 Å².